The number of ketones is 2. The molecule has 1 unspecified atom stereocenters. The van der Waals surface area contributed by atoms with Gasteiger partial charge >= 0.3 is 0 Å². The molecule has 7 N–H and O–H groups in total. The Balaban J connectivity index is 1.96. The van der Waals surface area contributed by atoms with Crippen LogP contribution in [0.15, 0.2) is 23.0 Å². The maximum Gasteiger partial charge on any atom is 0.255 e. The van der Waals surface area contributed by atoms with Crippen molar-refractivity contribution in [3.8, 4) is 5.75 Å². The molecule has 1 saturated carbocycles. The molecule has 0 aliphatic heterocycles. The molecule has 0 heterocycles. The number of amides is 1. The van der Waals surface area contributed by atoms with Gasteiger partial charge in [0.1, 0.15) is 22.8 Å². The molecule has 11 heteroatoms. The first-order chi connectivity index (χ1) is 17.9. The summed E-state index contributed by atoms with van der Waals surface area (Å²) in [5.41, 5.74) is 3.44. The Labute approximate surface area is 227 Å². The second-order valence-electron chi connectivity index (χ2n) is 12.2. The highest BCUT2D eigenvalue weighted by Crippen LogP contribution is 2.54. The predicted octanol–water partition coefficient (Wildman–Crippen LogP) is 0.918. The van der Waals surface area contributed by atoms with Gasteiger partial charge in [0, 0.05) is 48.9 Å². The lowest BCUT2D eigenvalue weighted by Gasteiger charge is -2.50. The van der Waals surface area contributed by atoms with Crippen LogP contribution in [-0.4, -0.2) is 88.2 Å². The second kappa shape index (κ2) is 9.35. The summed E-state index contributed by atoms with van der Waals surface area (Å²) in [6.07, 6.45) is 0.287. The normalized spacial score (nSPS) is 26.9. The number of nitrogens with two attached hydrogens (primary N) is 1. The Bertz CT molecular complexity index is 1340. The van der Waals surface area contributed by atoms with E-state index in [-0.39, 0.29) is 41.8 Å². The number of hydrogen-bond donors (Lipinski definition) is 6. The number of carbonyl (C=O) groups is 3. The molecule has 0 spiro atoms. The molecule has 4 atom stereocenters. The molecular formula is C28H38N4O7. The van der Waals surface area contributed by atoms with E-state index in [4.69, 9.17) is 5.73 Å². The zero-order valence-electron chi connectivity index (χ0n) is 23.4. The Kier molecular flexibility index (Phi) is 6.86. The Morgan fingerprint density at radius 1 is 1.15 bits per heavy atom. The van der Waals surface area contributed by atoms with Gasteiger partial charge in [-0.3, -0.25) is 19.3 Å². The van der Waals surface area contributed by atoms with Crippen molar-refractivity contribution in [2.45, 2.75) is 57.3 Å². The summed E-state index contributed by atoms with van der Waals surface area (Å²) < 4.78 is 0. The Morgan fingerprint density at radius 2 is 1.77 bits per heavy atom. The van der Waals surface area contributed by atoms with Crippen molar-refractivity contribution in [3.05, 3.63) is 39.7 Å². The highest BCUT2D eigenvalue weighted by atomic mass is 16.3. The first kappa shape index (κ1) is 28.6. The molecule has 0 radical (unpaired) electrons. The molecule has 1 fully saturated rings. The summed E-state index contributed by atoms with van der Waals surface area (Å²) >= 11 is 0. The van der Waals surface area contributed by atoms with Gasteiger partial charge in [0.2, 0.25) is 5.78 Å². The van der Waals surface area contributed by atoms with Gasteiger partial charge in [-0.2, -0.15) is 0 Å². The standard InChI is InChI=1S/C28H38N4O7/c1-27(2,3)30-11-13-10-16(31(4)5)14-8-12-9-15-20(32(6)7)23(35)19(26(29)38)25(37)28(15,39)24(36)17(12)22(34)18(14)21(13)33/h10,12,15,20,30,33-34,37,39H,8-9,11H2,1-7H3,(H2,29,38)/t12-,15-,20?,28-/m0/s1. The summed E-state index contributed by atoms with van der Waals surface area (Å²) in [4.78, 5) is 42.7. The number of benzene rings is 1. The number of nitrogens with one attached hydrogen (secondary N) is 1. The quantitative estimate of drug-likeness (QED) is 0.293. The molecule has 3 aliphatic rings. The van der Waals surface area contributed by atoms with Crippen LogP contribution in [0.2, 0.25) is 0 Å². The topological polar surface area (TPSA) is 177 Å². The number of hydrogen-bond acceptors (Lipinski definition) is 10. The third-order valence-electron chi connectivity index (χ3n) is 8.07. The van der Waals surface area contributed by atoms with Crippen molar-refractivity contribution in [1.29, 1.82) is 0 Å². The summed E-state index contributed by atoms with van der Waals surface area (Å²) in [6.45, 7) is 6.22. The van der Waals surface area contributed by atoms with Gasteiger partial charge < -0.3 is 36.4 Å². The van der Waals surface area contributed by atoms with Crippen LogP contribution in [0.4, 0.5) is 5.69 Å². The van der Waals surface area contributed by atoms with Crippen molar-refractivity contribution >= 4 is 28.9 Å². The summed E-state index contributed by atoms with van der Waals surface area (Å²) in [6, 6.07) is 0.724. The fraction of sp³-hybridized carbons (Fsp3) is 0.536. The highest BCUT2D eigenvalue weighted by Gasteiger charge is 2.64. The van der Waals surface area contributed by atoms with Gasteiger partial charge in [-0.25, -0.2) is 0 Å². The second-order valence-corrected chi connectivity index (χ2v) is 12.2. The number of aliphatic hydroxyl groups excluding tert-OH is 2. The number of anilines is 1. The van der Waals surface area contributed by atoms with Gasteiger partial charge in [-0.15, -0.1) is 0 Å². The van der Waals surface area contributed by atoms with Gasteiger partial charge in [-0.1, -0.05) is 0 Å². The Hall–Kier alpha value is -3.41. The Morgan fingerprint density at radius 3 is 2.28 bits per heavy atom. The van der Waals surface area contributed by atoms with Crippen molar-refractivity contribution in [2.24, 2.45) is 17.6 Å². The van der Waals surface area contributed by atoms with E-state index >= 15 is 0 Å². The molecule has 0 bridgehead atoms. The number of phenolic OH excluding ortho intramolecular Hbond substituents is 1. The summed E-state index contributed by atoms with van der Waals surface area (Å²) in [7, 11) is 6.82. The third-order valence-corrected chi connectivity index (χ3v) is 8.07. The zero-order valence-corrected chi connectivity index (χ0v) is 23.4. The van der Waals surface area contributed by atoms with Gasteiger partial charge in [0.15, 0.2) is 11.4 Å². The smallest absolute Gasteiger partial charge is 0.255 e. The molecule has 212 valence electrons. The van der Waals surface area contributed by atoms with Gasteiger partial charge in [0.25, 0.3) is 5.91 Å². The SMILES string of the molecule is CN(C)c1cc(CNC(C)(C)C)c(O)c2c1C[C@H]1C[C@H]3C(N(C)C)C(=O)C(C(N)=O)=C(O)[C@@]3(O)C(=O)C1=C2O. The van der Waals surface area contributed by atoms with Crippen LogP contribution in [0.1, 0.15) is 43.9 Å². The highest BCUT2D eigenvalue weighted by molar-refractivity contribution is 6.24. The van der Waals surface area contributed by atoms with E-state index in [0.717, 1.165) is 5.69 Å². The molecule has 1 aromatic carbocycles. The van der Waals surface area contributed by atoms with Gasteiger partial charge in [0.05, 0.1) is 11.6 Å². The largest absolute Gasteiger partial charge is 0.508 e. The monoisotopic (exact) mass is 542 g/mol. The number of phenols is 1. The van der Waals surface area contributed by atoms with Crippen LogP contribution < -0.4 is 16.0 Å². The number of aliphatic hydroxyl groups is 3. The number of primary amides is 1. The molecule has 3 aliphatic carbocycles. The van der Waals surface area contributed by atoms with E-state index in [2.05, 4.69) is 5.32 Å². The minimum atomic E-state index is -2.66. The number of aromatic hydroxyl groups is 1. The predicted molar refractivity (Wildman–Crippen MR) is 145 cm³/mol. The minimum Gasteiger partial charge on any atom is -0.508 e. The van der Waals surface area contributed by atoms with E-state index in [0.29, 0.717) is 11.1 Å². The number of rotatable bonds is 5. The first-order valence-corrected chi connectivity index (χ1v) is 12.9. The zero-order chi connectivity index (χ0) is 29.4. The molecular weight excluding hydrogens is 504 g/mol. The van der Waals surface area contributed by atoms with Gasteiger partial charge in [-0.05, 0) is 65.3 Å². The van der Waals surface area contributed by atoms with Crippen molar-refractivity contribution in [3.63, 3.8) is 0 Å². The van der Waals surface area contributed by atoms with Crippen LogP contribution >= 0.6 is 0 Å². The number of fused-ring (bicyclic) bond motifs is 3. The van der Waals surface area contributed by atoms with Crippen LogP contribution in [0.5, 0.6) is 5.75 Å². The first-order valence-electron chi connectivity index (χ1n) is 12.9. The van der Waals surface area contributed by atoms with Crippen LogP contribution in [0, 0.1) is 11.8 Å². The molecule has 1 amide bonds. The van der Waals surface area contributed by atoms with Crippen LogP contribution in [0.3, 0.4) is 0 Å². The lowest BCUT2D eigenvalue weighted by atomic mass is 9.57. The van der Waals surface area contributed by atoms with E-state index in [1.54, 1.807) is 14.1 Å². The molecule has 0 saturated heterocycles. The maximum atomic E-state index is 14.0. The van der Waals surface area contributed by atoms with E-state index in [9.17, 15) is 34.8 Å². The molecule has 1 aromatic rings. The van der Waals surface area contributed by atoms with E-state index in [1.807, 2.05) is 45.8 Å². The third kappa shape index (κ3) is 4.29. The molecule has 39 heavy (non-hydrogen) atoms. The number of carbonyl (C=O) groups excluding carboxylic acids is 3. The number of likely N-dealkylation sites (N-methyl/N-ethyl adjacent to an activating group) is 1. The van der Waals surface area contributed by atoms with E-state index in [1.165, 1.54) is 4.90 Å². The number of nitrogens with zero attached hydrogens (tertiary/aromatic N) is 2. The average Bonchev–Trinajstić information content (AvgIpc) is 2.79. The van der Waals surface area contributed by atoms with Crippen molar-refractivity contribution in [1.82, 2.24) is 10.2 Å². The minimum absolute atomic E-state index is 0.0483. The molecule has 4 rings (SSSR count). The molecule has 0 aromatic heterocycles. The molecule has 11 nitrogen and oxygen atoms in total. The fourth-order valence-electron chi connectivity index (χ4n) is 6.24. The lowest BCUT2D eigenvalue weighted by Crippen LogP contribution is -2.65. The number of Topliss-reactive ketones (excluding diaryl/α,β-unsaturated/α-hetero) is 2. The lowest BCUT2D eigenvalue weighted by molar-refractivity contribution is -0.153. The van der Waals surface area contributed by atoms with E-state index < -0.39 is 58.0 Å². The fourth-order valence-corrected chi connectivity index (χ4v) is 6.24. The van der Waals surface area contributed by atoms with Crippen LogP contribution in [-0.2, 0) is 27.3 Å². The van der Waals surface area contributed by atoms with Crippen LogP contribution in [0.25, 0.3) is 5.76 Å². The maximum absolute atomic E-state index is 14.0. The summed E-state index contributed by atoms with van der Waals surface area (Å²) in [5.74, 6) is -6.57. The average molecular weight is 543 g/mol. The van der Waals surface area contributed by atoms with Crippen molar-refractivity contribution < 1.29 is 34.8 Å². The summed E-state index contributed by atoms with van der Waals surface area (Å²) in [5, 5.41) is 48.9. The van der Waals surface area contributed by atoms with Crippen molar-refractivity contribution in [2.75, 3.05) is 33.1 Å².